The number of rotatable bonds is 10. The minimum Gasteiger partial charge on any atom is -0.508 e. The van der Waals surface area contributed by atoms with Crippen LogP contribution < -0.4 is 0 Å². The molecule has 1 saturated heterocycles. The third-order valence-electron chi connectivity index (χ3n) is 7.37. The Labute approximate surface area is 215 Å². The first-order chi connectivity index (χ1) is 17.4. The maximum atomic E-state index is 13.4. The fourth-order valence-electron chi connectivity index (χ4n) is 5.52. The summed E-state index contributed by atoms with van der Waals surface area (Å²) in [6, 6.07) is 10.6. The van der Waals surface area contributed by atoms with Crippen molar-refractivity contribution in [1.29, 1.82) is 0 Å². The number of aliphatic hydroxyl groups is 3. The molecule has 4 N–H and O–H groups in total. The van der Waals surface area contributed by atoms with E-state index in [1.54, 1.807) is 12.1 Å². The van der Waals surface area contributed by atoms with Crippen molar-refractivity contribution >= 4 is 29.2 Å². The van der Waals surface area contributed by atoms with Gasteiger partial charge in [-0.05, 0) is 66.0 Å². The van der Waals surface area contributed by atoms with Crippen LogP contribution in [0.25, 0.3) is 6.08 Å². The van der Waals surface area contributed by atoms with Crippen LogP contribution >= 0.6 is 11.3 Å². The van der Waals surface area contributed by atoms with Crippen molar-refractivity contribution in [2.24, 2.45) is 17.8 Å². The summed E-state index contributed by atoms with van der Waals surface area (Å²) in [6.45, 7) is 1.52. The molecule has 8 heteroatoms. The molecule has 0 saturated carbocycles. The number of carbonyl (C=O) groups excluding carboxylic acids is 2. The van der Waals surface area contributed by atoms with E-state index in [-0.39, 0.29) is 43.7 Å². The van der Waals surface area contributed by atoms with E-state index in [1.165, 1.54) is 16.2 Å². The fraction of sp³-hybridized carbons (Fsp3) is 0.429. The Balaban J connectivity index is 1.53. The summed E-state index contributed by atoms with van der Waals surface area (Å²) in [5.41, 5.74) is 3.10. The lowest BCUT2D eigenvalue weighted by Crippen LogP contribution is -2.39. The Bertz CT molecular complexity index is 1140. The van der Waals surface area contributed by atoms with Crippen molar-refractivity contribution in [2.75, 3.05) is 13.2 Å². The van der Waals surface area contributed by atoms with Crippen LogP contribution in [0.15, 0.2) is 58.5 Å². The summed E-state index contributed by atoms with van der Waals surface area (Å²) < 4.78 is 0. The number of benzene rings is 1. The number of hydrogen-bond acceptors (Lipinski definition) is 7. The van der Waals surface area contributed by atoms with E-state index >= 15 is 0 Å². The molecule has 2 aromatic rings. The van der Waals surface area contributed by atoms with Gasteiger partial charge in [0.25, 0.3) is 0 Å². The number of likely N-dealkylation sites (tertiary alicyclic amines) is 1. The first-order valence-corrected chi connectivity index (χ1v) is 13.2. The van der Waals surface area contributed by atoms with Crippen molar-refractivity contribution < 1.29 is 30.0 Å². The zero-order valence-electron chi connectivity index (χ0n) is 20.3. The topological polar surface area (TPSA) is 118 Å². The van der Waals surface area contributed by atoms with Crippen molar-refractivity contribution in [2.45, 2.75) is 45.3 Å². The Hall–Kier alpha value is -2.78. The van der Waals surface area contributed by atoms with Gasteiger partial charge >= 0.3 is 0 Å². The van der Waals surface area contributed by atoms with Gasteiger partial charge in [0.1, 0.15) is 5.75 Å². The molecule has 4 rings (SSSR count). The van der Waals surface area contributed by atoms with E-state index in [2.05, 4.69) is 0 Å². The number of carbonyl (C=O) groups is 2. The molecule has 0 spiro atoms. The largest absolute Gasteiger partial charge is 0.508 e. The van der Waals surface area contributed by atoms with Crippen LogP contribution in [0.4, 0.5) is 0 Å². The molecule has 4 atom stereocenters. The highest BCUT2D eigenvalue weighted by Gasteiger charge is 2.54. The van der Waals surface area contributed by atoms with Crippen LogP contribution in [-0.2, 0) is 16.1 Å². The fourth-order valence-corrected chi connectivity index (χ4v) is 6.21. The molecule has 2 amide bonds. The highest BCUT2D eigenvalue weighted by molar-refractivity contribution is 7.09. The predicted octanol–water partition coefficient (Wildman–Crippen LogP) is 3.49. The standard InChI is InChI=1S/C28H33NO6S/c1-2-17(12-18-5-8-20(32)9-6-18)7-10-24(33)25-19(15-30)13-22-26(23(25)16-31)28(35)29(27(22)34)14-21-4-3-11-36-21/h3-6,8-9,11-12,22-24,26,30-33H,2,7,10,13-16H2,1H3/b17-12+/t22-,23+,24-,26-/m1/s1. The van der Waals surface area contributed by atoms with Crippen molar-refractivity contribution in [1.82, 2.24) is 4.90 Å². The van der Waals surface area contributed by atoms with Gasteiger partial charge in [-0.2, -0.15) is 0 Å². The number of aliphatic hydroxyl groups excluding tert-OH is 3. The van der Waals surface area contributed by atoms with E-state index < -0.39 is 23.9 Å². The summed E-state index contributed by atoms with van der Waals surface area (Å²) in [5.74, 6) is -2.48. The van der Waals surface area contributed by atoms with Crippen LogP contribution in [0.2, 0.25) is 0 Å². The average Bonchev–Trinajstić information content (AvgIpc) is 3.49. The minimum absolute atomic E-state index is 0.198. The molecule has 0 bridgehead atoms. The van der Waals surface area contributed by atoms with Crippen LogP contribution in [-0.4, -0.2) is 56.5 Å². The van der Waals surface area contributed by atoms with Gasteiger partial charge in [0.2, 0.25) is 11.8 Å². The first-order valence-electron chi connectivity index (χ1n) is 12.4. The second-order valence-electron chi connectivity index (χ2n) is 9.49. The molecular weight excluding hydrogens is 478 g/mol. The number of hydrogen-bond donors (Lipinski definition) is 4. The SMILES string of the molecule is CC/C(=C\c1ccc(O)cc1)CC[C@@H](O)C1=C(CO)C[C@H]2C(=O)N(Cc3cccs3)C(=O)[C@H]2[C@H]1CO. The van der Waals surface area contributed by atoms with E-state index in [9.17, 15) is 30.0 Å². The number of aromatic hydroxyl groups is 1. The molecule has 0 unspecified atom stereocenters. The molecule has 1 aliphatic carbocycles. The first kappa shape index (κ1) is 26.3. The summed E-state index contributed by atoms with van der Waals surface area (Å²) in [5, 5.41) is 43.1. The van der Waals surface area contributed by atoms with Gasteiger partial charge in [0.15, 0.2) is 0 Å². The number of nitrogens with zero attached hydrogens (tertiary/aromatic N) is 1. The summed E-state index contributed by atoms with van der Waals surface area (Å²) in [7, 11) is 0. The third kappa shape index (κ3) is 5.32. The zero-order valence-corrected chi connectivity index (χ0v) is 21.2. The second kappa shape index (κ2) is 11.5. The third-order valence-corrected chi connectivity index (χ3v) is 8.23. The maximum absolute atomic E-state index is 13.4. The molecular formula is C28H33NO6S. The molecule has 36 heavy (non-hydrogen) atoms. The normalized spacial score (nSPS) is 23.4. The van der Waals surface area contributed by atoms with Gasteiger partial charge < -0.3 is 20.4 Å². The molecule has 7 nitrogen and oxygen atoms in total. The number of thiophene rings is 1. The lowest BCUT2D eigenvalue weighted by Gasteiger charge is -2.36. The Kier molecular flexibility index (Phi) is 8.41. The number of amides is 2. The molecule has 1 aromatic carbocycles. The number of phenols is 1. The second-order valence-corrected chi connectivity index (χ2v) is 10.5. The smallest absolute Gasteiger partial charge is 0.234 e. The lowest BCUT2D eigenvalue weighted by atomic mass is 9.68. The van der Waals surface area contributed by atoms with Crippen LogP contribution in [0.3, 0.4) is 0 Å². The highest BCUT2D eigenvalue weighted by atomic mass is 32.1. The molecule has 192 valence electrons. The quantitative estimate of drug-likeness (QED) is 0.287. The number of phenolic OH excluding ortho intramolecular Hbond substituents is 1. The van der Waals surface area contributed by atoms with Gasteiger partial charge in [-0.15, -0.1) is 11.3 Å². The van der Waals surface area contributed by atoms with E-state index in [1.807, 2.05) is 42.6 Å². The van der Waals surface area contributed by atoms with E-state index in [0.29, 0.717) is 24.0 Å². The maximum Gasteiger partial charge on any atom is 0.234 e. The molecule has 0 radical (unpaired) electrons. The zero-order chi connectivity index (χ0) is 25.8. The van der Waals surface area contributed by atoms with Gasteiger partial charge in [-0.25, -0.2) is 0 Å². The summed E-state index contributed by atoms with van der Waals surface area (Å²) in [4.78, 5) is 28.7. The van der Waals surface area contributed by atoms with E-state index in [4.69, 9.17) is 0 Å². The van der Waals surface area contributed by atoms with Crippen molar-refractivity contribution in [3.63, 3.8) is 0 Å². The van der Waals surface area contributed by atoms with Crippen LogP contribution in [0, 0.1) is 17.8 Å². The monoisotopic (exact) mass is 511 g/mol. The Morgan fingerprint density at radius 3 is 2.53 bits per heavy atom. The average molecular weight is 512 g/mol. The molecule has 2 heterocycles. The Morgan fingerprint density at radius 2 is 1.92 bits per heavy atom. The molecule has 2 aliphatic rings. The number of fused-ring (bicyclic) bond motifs is 1. The van der Waals surface area contributed by atoms with Gasteiger partial charge in [0.05, 0.1) is 37.7 Å². The highest BCUT2D eigenvalue weighted by Crippen LogP contribution is 2.46. The molecule has 1 fully saturated rings. The predicted molar refractivity (Wildman–Crippen MR) is 138 cm³/mol. The summed E-state index contributed by atoms with van der Waals surface area (Å²) in [6.07, 6.45) is 3.01. The van der Waals surface area contributed by atoms with Crippen molar-refractivity contribution in [3.05, 3.63) is 68.9 Å². The van der Waals surface area contributed by atoms with E-state index in [0.717, 1.165) is 22.4 Å². The molecule has 1 aliphatic heterocycles. The number of allylic oxidation sites excluding steroid dienone is 1. The van der Waals surface area contributed by atoms with Gasteiger partial charge in [0, 0.05) is 10.8 Å². The van der Waals surface area contributed by atoms with Crippen LogP contribution in [0.1, 0.15) is 43.0 Å². The Morgan fingerprint density at radius 1 is 1.17 bits per heavy atom. The van der Waals surface area contributed by atoms with Crippen molar-refractivity contribution in [3.8, 4) is 5.75 Å². The van der Waals surface area contributed by atoms with Crippen LogP contribution in [0.5, 0.6) is 5.75 Å². The van der Waals surface area contributed by atoms with Gasteiger partial charge in [-0.1, -0.05) is 36.8 Å². The molecule has 1 aromatic heterocycles. The number of imide groups is 1. The minimum atomic E-state index is -0.950. The summed E-state index contributed by atoms with van der Waals surface area (Å²) >= 11 is 1.47. The lowest BCUT2D eigenvalue weighted by molar-refractivity contribution is -0.140. The van der Waals surface area contributed by atoms with Gasteiger partial charge in [-0.3, -0.25) is 14.5 Å².